The predicted octanol–water partition coefficient (Wildman–Crippen LogP) is 3.02. The molecular weight excluding hydrogens is 359 g/mol. The van der Waals surface area contributed by atoms with Crippen molar-refractivity contribution in [3.63, 3.8) is 0 Å². The molecule has 28 heavy (non-hydrogen) atoms. The third-order valence-electron chi connectivity index (χ3n) is 5.19. The summed E-state index contributed by atoms with van der Waals surface area (Å²) in [6.45, 7) is 10.3. The number of nitrogens with one attached hydrogen (secondary N) is 1. The lowest BCUT2D eigenvalue weighted by Gasteiger charge is -2.33. The fraction of sp³-hybridized carbons (Fsp3) is 0.619. The summed E-state index contributed by atoms with van der Waals surface area (Å²) >= 11 is 0. The molecular formula is C21H33FN4O2. The first-order valence-corrected chi connectivity index (χ1v) is 10.2. The van der Waals surface area contributed by atoms with Crippen molar-refractivity contribution in [1.29, 1.82) is 0 Å². The van der Waals surface area contributed by atoms with Gasteiger partial charge in [-0.1, -0.05) is 6.07 Å². The Labute approximate surface area is 167 Å². The van der Waals surface area contributed by atoms with Crippen LogP contribution in [0.1, 0.15) is 39.2 Å². The van der Waals surface area contributed by atoms with E-state index in [1.807, 2.05) is 37.8 Å². The second kappa shape index (κ2) is 10.9. The van der Waals surface area contributed by atoms with Gasteiger partial charge >= 0.3 is 5.97 Å². The van der Waals surface area contributed by atoms with Crippen molar-refractivity contribution in [1.82, 2.24) is 10.2 Å². The van der Waals surface area contributed by atoms with Crippen LogP contribution in [-0.2, 0) is 16.1 Å². The number of carbonyl (C=O) groups excluding carboxylic acids is 1. The van der Waals surface area contributed by atoms with Crippen LogP contribution in [0.5, 0.6) is 0 Å². The van der Waals surface area contributed by atoms with E-state index in [1.54, 1.807) is 6.07 Å². The summed E-state index contributed by atoms with van der Waals surface area (Å²) in [7, 11) is 1.44. The number of halogens is 1. The third-order valence-corrected chi connectivity index (χ3v) is 5.19. The maximum Gasteiger partial charge on any atom is 0.308 e. The van der Waals surface area contributed by atoms with Gasteiger partial charge in [-0.15, -0.1) is 0 Å². The molecule has 0 aromatic heterocycles. The van der Waals surface area contributed by atoms with E-state index in [-0.39, 0.29) is 17.7 Å². The van der Waals surface area contributed by atoms with Crippen LogP contribution in [0.3, 0.4) is 0 Å². The molecule has 1 N–H and O–H groups in total. The van der Waals surface area contributed by atoms with Gasteiger partial charge in [0, 0.05) is 32.7 Å². The zero-order chi connectivity index (χ0) is 20.5. The average molecular weight is 393 g/mol. The van der Waals surface area contributed by atoms with Gasteiger partial charge in [0.2, 0.25) is 0 Å². The van der Waals surface area contributed by atoms with Gasteiger partial charge in [-0.25, -0.2) is 9.38 Å². The first-order valence-electron chi connectivity index (χ1n) is 10.2. The molecule has 0 radical (unpaired) electrons. The summed E-state index contributed by atoms with van der Waals surface area (Å²) in [4.78, 5) is 20.5. The fourth-order valence-electron chi connectivity index (χ4n) is 3.56. The van der Waals surface area contributed by atoms with Crippen molar-refractivity contribution < 1.29 is 13.9 Å². The van der Waals surface area contributed by atoms with Gasteiger partial charge in [0.25, 0.3) is 0 Å². The Morgan fingerprint density at radius 1 is 1.29 bits per heavy atom. The standard InChI is InChI=1S/C21H33FN4O2/c1-5-23-21(26-12-10-17(11-13-26)20(27)28-4)24-15-16-8-9-19(18(22)14-16)25(6-2)7-3/h8-9,14,17H,5-7,10-13,15H2,1-4H3,(H,23,24). The number of guanidine groups is 1. The summed E-state index contributed by atoms with van der Waals surface area (Å²) in [6.07, 6.45) is 1.51. The van der Waals surface area contributed by atoms with E-state index in [0.29, 0.717) is 12.2 Å². The molecule has 6 nitrogen and oxygen atoms in total. The predicted molar refractivity (Wildman–Crippen MR) is 111 cm³/mol. The monoisotopic (exact) mass is 392 g/mol. The second-order valence-corrected chi connectivity index (χ2v) is 6.91. The van der Waals surface area contributed by atoms with Gasteiger partial charge in [-0.05, 0) is 51.3 Å². The van der Waals surface area contributed by atoms with Crippen LogP contribution in [0, 0.1) is 11.7 Å². The van der Waals surface area contributed by atoms with E-state index in [2.05, 4.69) is 15.2 Å². The molecule has 0 saturated carbocycles. The SMILES string of the molecule is CCNC(=NCc1ccc(N(CC)CC)c(F)c1)N1CCC(C(=O)OC)CC1. The Balaban J connectivity index is 2.05. The molecule has 1 saturated heterocycles. The van der Waals surface area contributed by atoms with E-state index in [4.69, 9.17) is 4.74 Å². The summed E-state index contributed by atoms with van der Waals surface area (Å²) in [5, 5.41) is 3.30. The molecule has 156 valence electrons. The lowest BCUT2D eigenvalue weighted by Crippen LogP contribution is -2.46. The minimum atomic E-state index is -0.208. The molecule has 1 fully saturated rings. The number of methoxy groups -OCH3 is 1. The number of anilines is 1. The molecule has 0 aliphatic carbocycles. The Hall–Kier alpha value is -2.31. The molecule has 1 aromatic carbocycles. The van der Waals surface area contributed by atoms with Crippen LogP contribution in [0.2, 0.25) is 0 Å². The molecule has 1 aromatic rings. The molecule has 1 aliphatic rings. The first-order chi connectivity index (χ1) is 13.5. The number of hydrogen-bond donors (Lipinski definition) is 1. The number of esters is 1. The van der Waals surface area contributed by atoms with Crippen molar-refractivity contribution in [3.8, 4) is 0 Å². The number of aliphatic imine (C=N–C) groups is 1. The fourth-order valence-corrected chi connectivity index (χ4v) is 3.56. The van der Waals surface area contributed by atoms with E-state index < -0.39 is 0 Å². The zero-order valence-electron chi connectivity index (χ0n) is 17.5. The number of benzene rings is 1. The molecule has 7 heteroatoms. The number of rotatable bonds is 7. The van der Waals surface area contributed by atoms with Crippen LogP contribution in [-0.4, -0.2) is 56.7 Å². The summed E-state index contributed by atoms with van der Waals surface area (Å²) < 4.78 is 19.3. The van der Waals surface area contributed by atoms with E-state index in [1.165, 1.54) is 7.11 Å². The van der Waals surface area contributed by atoms with Gasteiger partial charge in [0.15, 0.2) is 5.96 Å². The Morgan fingerprint density at radius 3 is 2.50 bits per heavy atom. The quantitative estimate of drug-likeness (QED) is 0.439. The van der Waals surface area contributed by atoms with Gasteiger partial charge < -0.3 is 19.9 Å². The number of carbonyl (C=O) groups is 1. The van der Waals surface area contributed by atoms with Gasteiger partial charge in [0.05, 0.1) is 25.3 Å². The van der Waals surface area contributed by atoms with Gasteiger partial charge in [-0.2, -0.15) is 0 Å². The Bertz CT molecular complexity index is 668. The van der Waals surface area contributed by atoms with E-state index in [0.717, 1.165) is 57.1 Å². The van der Waals surface area contributed by atoms with Crippen LogP contribution in [0.25, 0.3) is 0 Å². The average Bonchev–Trinajstić information content (AvgIpc) is 2.72. The molecule has 0 atom stereocenters. The number of piperidine rings is 1. The molecule has 0 spiro atoms. The first kappa shape index (κ1) is 22.0. The van der Waals surface area contributed by atoms with Crippen molar-refractivity contribution in [2.75, 3.05) is 44.7 Å². The molecule has 0 amide bonds. The van der Waals surface area contributed by atoms with Gasteiger partial charge in [-0.3, -0.25) is 4.79 Å². The zero-order valence-corrected chi connectivity index (χ0v) is 17.5. The van der Waals surface area contributed by atoms with Crippen molar-refractivity contribution in [3.05, 3.63) is 29.6 Å². The van der Waals surface area contributed by atoms with Crippen molar-refractivity contribution >= 4 is 17.6 Å². The largest absolute Gasteiger partial charge is 0.469 e. The highest BCUT2D eigenvalue weighted by atomic mass is 19.1. The second-order valence-electron chi connectivity index (χ2n) is 6.91. The highest BCUT2D eigenvalue weighted by Crippen LogP contribution is 2.21. The van der Waals surface area contributed by atoms with Crippen LogP contribution in [0.4, 0.5) is 10.1 Å². The van der Waals surface area contributed by atoms with E-state index >= 15 is 0 Å². The maximum atomic E-state index is 14.5. The molecule has 1 heterocycles. The Kier molecular flexibility index (Phi) is 8.54. The Morgan fingerprint density at radius 2 is 1.96 bits per heavy atom. The van der Waals surface area contributed by atoms with Crippen molar-refractivity contribution in [2.24, 2.45) is 10.9 Å². The molecule has 0 unspecified atom stereocenters. The number of likely N-dealkylation sites (tertiary alicyclic amines) is 1. The van der Waals surface area contributed by atoms with Crippen molar-refractivity contribution in [2.45, 2.75) is 40.2 Å². The summed E-state index contributed by atoms with van der Waals surface area (Å²) in [5.41, 5.74) is 1.47. The highest BCUT2D eigenvalue weighted by molar-refractivity contribution is 5.80. The molecule has 2 rings (SSSR count). The lowest BCUT2D eigenvalue weighted by molar-refractivity contribution is -0.146. The van der Waals surface area contributed by atoms with Crippen LogP contribution >= 0.6 is 0 Å². The lowest BCUT2D eigenvalue weighted by atomic mass is 9.97. The number of hydrogen-bond acceptors (Lipinski definition) is 4. The van der Waals surface area contributed by atoms with E-state index in [9.17, 15) is 9.18 Å². The summed E-state index contributed by atoms with van der Waals surface area (Å²) in [5.74, 6) is 0.426. The normalized spacial score (nSPS) is 15.5. The maximum absolute atomic E-state index is 14.5. The smallest absolute Gasteiger partial charge is 0.308 e. The minimum Gasteiger partial charge on any atom is -0.469 e. The van der Waals surface area contributed by atoms with Gasteiger partial charge in [0.1, 0.15) is 5.82 Å². The molecule has 0 bridgehead atoms. The minimum absolute atomic E-state index is 0.0363. The number of nitrogens with zero attached hydrogens (tertiary/aromatic N) is 3. The van der Waals surface area contributed by atoms with Crippen LogP contribution < -0.4 is 10.2 Å². The molecule has 1 aliphatic heterocycles. The summed E-state index contributed by atoms with van der Waals surface area (Å²) in [6, 6.07) is 5.35. The third kappa shape index (κ3) is 5.59. The van der Waals surface area contributed by atoms with Crippen LogP contribution in [0.15, 0.2) is 23.2 Å². The topological polar surface area (TPSA) is 57.2 Å². The highest BCUT2D eigenvalue weighted by Gasteiger charge is 2.26. The number of ether oxygens (including phenoxy) is 1.